The average Bonchev–Trinajstić information content (AvgIpc) is 2.93. The van der Waals surface area contributed by atoms with Crippen LogP contribution >= 0.6 is 0 Å². The molecule has 5 nitrogen and oxygen atoms in total. The van der Waals surface area contributed by atoms with Gasteiger partial charge in [-0.3, -0.25) is 0 Å². The van der Waals surface area contributed by atoms with Gasteiger partial charge in [0.05, 0.1) is 12.8 Å². The van der Waals surface area contributed by atoms with Crippen LogP contribution in [0.3, 0.4) is 0 Å². The summed E-state index contributed by atoms with van der Waals surface area (Å²) in [6.07, 6.45) is 2.81. The lowest BCUT2D eigenvalue weighted by atomic mass is 10.4. The molecule has 0 aliphatic rings. The summed E-state index contributed by atoms with van der Waals surface area (Å²) < 4.78 is 11.4. The van der Waals surface area contributed by atoms with Gasteiger partial charge in [-0.15, -0.1) is 0 Å². The maximum atomic E-state index is 11.7. The largest absolute Gasteiger partial charge is 0.467 e. The SMILES string of the molecule is CC(C)O[Si](C)(CCCNC(=O)NCc1ccco1)C(C)C. The molecule has 126 valence electrons. The highest BCUT2D eigenvalue weighted by Crippen LogP contribution is 2.28. The second-order valence-electron chi connectivity index (χ2n) is 6.43. The van der Waals surface area contributed by atoms with E-state index >= 15 is 0 Å². The molecule has 1 rings (SSSR count). The Morgan fingerprint density at radius 3 is 2.59 bits per heavy atom. The van der Waals surface area contributed by atoms with E-state index in [9.17, 15) is 4.79 Å². The van der Waals surface area contributed by atoms with Crippen molar-refractivity contribution in [3.63, 3.8) is 0 Å². The van der Waals surface area contributed by atoms with Crippen LogP contribution in [0.5, 0.6) is 0 Å². The number of furan rings is 1. The zero-order chi connectivity index (χ0) is 16.6. The summed E-state index contributed by atoms with van der Waals surface area (Å²) in [5.74, 6) is 0.750. The van der Waals surface area contributed by atoms with Crippen LogP contribution in [0.1, 0.15) is 39.9 Å². The van der Waals surface area contributed by atoms with Crippen molar-refractivity contribution in [1.82, 2.24) is 10.6 Å². The summed E-state index contributed by atoms with van der Waals surface area (Å²) in [6, 6.07) is 4.54. The third kappa shape index (κ3) is 6.66. The Morgan fingerprint density at radius 2 is 2.05 bits per heavy atom. The molecule has 1 aromatic rings. The van der Waals surface area contributed by atoms with Gasteiger partial charge in [0.25, 0.3) is 0 Å². The van der Waals surface area contributed by atoms with Gasteiger partial charge in [0.1, 0.15) is 5.76 Å². The van der Waals surface area contributed by atoms with Gasteiger partial charge in [-0.1, -0.05) is 13.8 Å². The number of carbonyl (C=O) groups excluding carboxylic acids is 1. The number of urea groups is 1. The Labute approximate surface area is 134 Å². The first kappa shape index (κ1) is 18.8. The fourth-order valence-corrected chi connectivity index (χ4v) is 5.23. The molecule has 2 N–H and O–H groups in total. The molecule has 6 heteroatoms. The number of carbonyl (C=O) groups is 1. The van der Waals surface area contributed by atoms with Gasteiger partial charge in [0.2, 0.25) is 0 Å². The minimum absolute atomic E-state index is 0.158. The molecule has 22 heavy (non-hydrogen) atoms. The van der Waals surface area contributed by atoms with Crippen molar-refractivity contribution in [1.29, 1.82) is 0 Å². The summed E-state index contributed by atoms with van der Waals surface area (Å²) in [6.45, 7) is 12.0. The van der Waals surface area contributed by atoms with Crippen LogP contribution in [0.2, 0.25) is 18.1 Å². The third-order valence-corrected chi connectivity index (χ3v) is 8.66. The van der Waals surface area contributed by atoms with Crippen LogP contribution < -0.4 is 10.6 Å². The highest BCUT2D eigenvalue weighted by atomic mass is 28.4. The van der Waals surface area contributed by atoms with Crippen LogP contribution in [0.15, 0.2) is 22.8 Å². The lowest BCUT2D eigenvalue weighted by molar-refractivity contribution is 0.222. The molecule has 0 saturated carbocycles. The van der Waals surface area contributed by atoms with Crippen molar-refractivity contribution >= 4 is 14.3 Å². The van der Waals surface area contributed by atoms with E-state index < -0.39 is 8.32 Å². The van der Waals surface area contributed by atoms with Gasteiger partial charge in [-0.25, -0.2) is 4.79 Å². The minimum atomic E-state index is -1.71. The normalized spacial score (nSPS) is 14.1. The predicted octanol–water partition coefficient (Wildman–Crippen LogP) is 3.88. The van der Waals surface area contributed by atoms with E-state index in [-0.39, 0.29) is 12.1 Å². The second-order valence-corrected chi connectivity index (χ2v) is 10.9. The average molecular weight is 327 g/mol. The van der Waals surface area contributed by atoms with E-state index in [4.69, 9.17) is 8.84 Å². The molecule has 1 heterocycles. The molecular formula is C16H30N2O3Si. The maximum absolute atomic E-state index is 11.7. The molecule has 0 aromatic carbocycles. The van der Waals surface area contributed by atoms with Crippen molar-refractivity contribution < 1.29 is 13.6 Å². The van der Waals surface area contributed by atoms with E-state index in [0.717, 1.165) is 18.2 Å². The Bertz CT molecular complexity index is 435. The van der Waals surface area contributed by atoms with Crippen molar-refractivity contribution in [2.45, 2.75) is 64.9 Å². The van der Waals surface area contributed by atoms with Gasteiger partial charge >= 0.3 is 6.03 Å². The lowest BCUT2D eigenvalue weighted by Crippen LogP contribution is -2.41. The summed E-state index contributed by atoms with van der Waals surface area (Å²) in [4.78, 5) is 11.7. The van der Waals surface area contributed by atoms with Crippen LogP contribution in [0, 0.1) is 0 Å². The second kappa shape index (κ2) is 9.00. The van der Waals surface area contributed by atoms with Crippen molar-refractivity contribution in [2.24, 2.45) is 0 Å². The van der Waals surface area contributed by atoms with Crippen molar-refractivity contribution in [3.8, 4) is 0 Å². The van der Waals surface area contributed by atoms with Gasteiger partial charge in [-0.05, 0) is 50.5 Å². The van der Waals surface area contributed by atoms with Crippen LogP contribution in [-0.2, 0) is 11.0 Å². The summed E-state index contributed by atoms with van der Waals surface area (Å²) in [7, 11) is -1.71. The number of hydrogen-bond acceptors (Lipinski definition) is 3. The molecule has 0 aliphatic heterocycles. The van der Waals surface area contributed by atoms with Crippen molar-refractivity contribution in [3.05, 3.63) is 24.2 Å². The van der Waals surface area contributed by atoms with Crippen LogP contribution in [-0.4, -0.2) is 27.0 Å². The molecule has 2 amide bonds. The highest BCUT2D eigenvalue weighted by molar-refractivity contribution is 6.73. The predicted molar refractivity (Wildman–Crippen MR) is 91.3 cm³/mol. The zero-order valence-corrected chi connectivity index (χ0v) is 15.4. The molecule has 1 aromatic heterocycles. The number of amides is 2. The van der Waals surface area contributed by atoms with Gasteiger partial charge in [-0.2, -0.15) is 0 Å². The summed E-state index contributed by atoms with van der Waals surface area (Å²) in [5.41, 5.74) is 0.572. The van der Waals surface area contributed by atoms with E-state index in [1.165, 1.54) is 0 Å². The Kier molecular flexibility index (Phi) is 7.68. The van der Waals surface area contributed by atoms with Crippen molar-refractivity contribution in [2.75, 3.05) is 6.54 Å². The molecule has 1 unspecified atom stereocenters. The van der Waals surface area contributed by atoms with Gasteiger partial charge in [0.15, 0.2) is 8.32 Å². The fraction of sp³-hybridized carbons (Fsp3) is 0.688. The minimum Gasteiger partial charge on any atom is -0.467 e. The number of hydrogen-bond donors (Lipinski definition) is 2. The number of rotatable bonds is 9. The molecule has 1 atom stereocenters. The molecule has 0 fully saturated rings. The van der Waals surface area contributed by atoms with E-state index in [1.54, 1.807) is 12.3 Å². The Balaban J connectivity index is 2.23. The van der Waals surface area contributed by atoms with Crippen LogP contribution in [0.25, 0.3) is 0 Å². The van der Waals surface area contributed by atoms with Crippen LogP contribution in [0.4, 0.5) is 4.79 Å². The smallest absolute Gasteiger partial charge is 0.315 e. The molecule has 0 spiro atoms. The molecular weight excluding hydrogens is 296 g/mol. The molecule has 0 bridgehead atoms. The van der Waals surface area contributed by atoms with Gasteiger partial charge in [0, 0.05) is 12.6 Å². The topological polar surface area (TPSA) is 63.5 Å². The fourth-order valence-electron chi connectivity index (χ4n) is 2.31. The monoisotopic (exact) mass is 326 g/mol. The summed E-state index contributed by atoms with van der Waals surface area (Å²) >= 11 is 0. The first-order chi connectivity index (χ1) is 10.3. The van der Waals surface area contributed by atoms with E-state index in [0.29, 0.717) is 18.6 Å². The first-order valence-corrected chi connectivity index (χ1v) is 10.7. The van der Waals surface area contributed by atoms with E-state index in [2.05, 4.69) is 44.9 Å². The third-order valence-electron chi connectivity index (χ3n) is 3.87. The summed E-state index contributed by atoms with van der Waals surface area (Å²) in [5, 5.41) is 5.66. The van der Waals surface area contributed by atoms with Gasteiger partial charge < -0.3 is 19.5 Å². The van der Waals surface area contributed by atoms with E-state index in [1.807, 2.05) is 6.07 Å². The highest BCUT2D eigenvalue weighted by Gasteiger charge is 2.33. The quantitative estimate of drug-likeness (QED) is 0.535. The maximum Gasteiger partial charge on any atom is 0.315 e. The Morgan fingerprint density at radius 1 is 1.32 bits per heavy atom. The lowest BCUT2D eigenvalue weighted by Gasteiger charge is -2.33. The first-order valence-electron chi connectivity index (χ1n) is 8.05. The zero-order valence-electron chi connectivity index (χ0n) is 14.4. The molecule has 0 aliphatic carbocycles. The standard InChI is InChI=1S/C16H30N2O3Si/c1-13(2)21-22(5,14(3)4)11-7-9-17-16(19)18-12-15-8-6-10-20-15/h6,8,10,13-14H,7,9,11-12H2,1-5H3,(H2,17,18,19). The Hall–Kier alpha value is -1.27. The number of nitrogens with one attached hydrogen (secondary N) is 2. The molecule has 0 radical (unpaired) electrons. The molecule has 0 saturated heterocycles.